The summed E-state index contributed by atoms with van der Waals surface area (Å²) in [5, 5.41) is 5.42. The summed E-state index contributed by atoms with van der Waals surface area (Å²) in [4.78, 5) is 25.2. The van der Waals surface area contributed by atoms with Gasteiger partial charge >= 0.3 is 0 Å². The minimum absolute atomic E-state index is 0.170. The number of hydrogen-bond donors (Lipinski definition) is 2. The molecule has 3 aromatic carbocycles. The van der Waals surface area contributed by atoms with Crippen molar-refractivity contribution in [2.24, 2.45) is 0 Å². The Labute approximate surface area is 198 Å². The number of carbonyl (C=O) groups is 2. The summed E-state index contributed by atoms with van der Waals surface area (Å²) in [6.45, 7) is 1.86. The highest BCUT2D eigenvalue weighted by Gasteiger charge is 2.19. The monoisotopic (exact) mass is 482 g/mol. The maximum absolute atomic E-state index is 12.5. The van der Waals surface area contributed by atoms with E-state index in [1.54, 1.807) is 36.4 Å². The number of hydrogen-bond acceptors (Lipinski definition) is 6. The number of sulfone groups is 1. The lowest BCUT2D eigenvalue weighted by atomic mass is 10.2. The van der Waals surface area contributed by atoms with Crippen molar-refractivity contribution < 1.29 is 27.5 Å². The Balaban J connectivity index is 1.73. The fourth-order valence-electron chi connectivity index (χ4n) is 3.18. The van der Waals surface area contributed by atoms with Crippen molar-refractivity contribution in [3.05, 3.63) is 77.9 Å². The molecule has 0 bridgehead atoms. The summed E-state index contributed by atoms with van der Waals surface area (Å²) in [7, 11) is -0.755. The Morgan fingerprint density at radius 2 is 1.38 bits per heavy atom. The zero-order valence-electron chi connectivity index (χ0n) is 19.1. The van der Waals surface area contributed by atoms with Crippen molar-refractivity contribution in [3.63, 3.8) is 0 Å². The first kappa shape index (κ1) is 24.8. The number of amides is 2. The molecule has 2 amide bonds. The number of methoxy groups -OCH3 is 2. The van der Waals surface area contributed by atoms with Gasteiger partial charge in [-0.25, -0.2) is 8.42 Å². The highest BCUT2D eigenvalue weighted by Crippen LogP contribution is 2.36. The van der Waals surface area contributed by atoms with Crippen molar-refractivity contribution >= 4 is 33.0 Å². The van der Waals surface area contributed by atoms with Gasteiger partial charge in [0.15, 0.2) is 9.84 Å². The van der Waals surface area contributed by atoms with Gasteiger partial charge in [-0.3, -0.25) is 9.59 Å². The van der Waals surface area contributed by atoms with Gasteiger partial charge in [0.1, 0.15) is 11.5 Å². The SMILES string of the molecule is COc1cc(NC(=O)c2ccccc2)c(OC)cc1NC(=O)CCS(=O)(=O)c1ccc(C)cc1. The minimum Gasteiger partial charge on any atom is -0.494 e. The van der Waals surface area contributed by atoms with Crippen molar-refractivity contribution in [1.82, 2.24) is 0 Å². The molecule has 3 rings (SSSR count). The van der Waals surface area contributed by atoms with E-state index < -0.39 is 15.7 Å². The van der Waals surface area contributed by atoms with Crippen LogP contribution in [0.1, 0.15) is 22.3 Å². The molecule has 0 aliphatic carbocycles. The van der Waals surface area contributed by atoms with Crippen LogP contribution >= 0.6 is 0 Å². The van der Waals surface area contributed by atoms with E-state index in [9.17, 15) is 18.0 Å². The molecule has 2 N–H and O–H groups in total. The van der Waals surface area contributed by atoms with E-state index in [2.05, 4.69) is 10.6 Å². The van der Waals surface area contributed by atoms with Crippen LogP contribution in [0.5, 0.6) is 11.5 Å². The van der Waals surface area contributed by atoms with Gasteiger partial charge in [0, 0.05) is 24.1 Å². The third-order valence-electron chi connectivity index (χ3n) is 5.06. The van der Waals surface area contributed by atoms with Crippen LogP contribution in [-0.2, 0) is 14.6 Å². The van der Waals surface area contributed by atoms with Crippen LogP contribution in [0.25, 0.3) is 0 Å². The van der Waals surface area contributed by atoms with E-state index in [0.29, 0.717) is 17.0 Å². The summed E-state index contributed by atoms with van der Waals surface area (Å²) in [6, 6.07) is 18.2. The smallest absolute Gasteiger partial charge is 0.255 e. The largest absolute Gasteiger partial charge is 0.494 e. The highest BCUT2D eigenvalue weighted by molar-refractivity contribution is 7.91. The zero-order valence-corrected chi connectivity index (χ0v) is 19.9. The topological polar surface area (TPSA) is 111 Å². The first-order valence-electron chi connectivity index (χ1n) is 10.4. The van der Waals surface area contributed by atoms with Gasteiger partial charge in [0.05, 0.1) is 36.2 Å². The number of anilines is 2. The molecule has 34 heavy (non-hydrogen) atoms. The molecule has 0 fully saturated rings. The normalized spacial score (nSPS) is 10.9. The maximum Gasteiger partial charge on any atom is 0.255 e. The second-order valence-electron chi connectivity index (χ2n) is 7.50. The molecule has 0 radical (unpaired) electrons. The van der Waals surface area contributed by atoms with E-state index in [4.69, 9.17) is 9.47 Å². The minimum atomic E-state index is -3.60. The second-order valence-corrected chi connectivity index (χ2v) is 9.61. The third kappa shape index (κ3) is 6.14. The first-order chi connectivity index (χ1) is 16.2. The standard InChI is InChI=1S/C25H26N2O6S/c1-17-9-11-19(12-10-17)34(30,31)14-13-24(28)26-20-15-23(33-3)21(16-22(20)32-2)27-25(29)18-7-5-4-6-8-18/h4-12,15-16H,13-14H2,1-3H3,(H,26,28)(H,27,29). The molecule has 0 aliphatic rings. The van der Waals surface area contributed by atoms with E-state index in [1.165, 1.54) is 38.5 Å². The number of ether oxygens (including phenoxy) is 2. The lowest BCUT2D eigenvalue weighted by Crippen LogP contribution is -2.18. The highest BCUT2D eigenvalue weighted by atomic mass is 32.2. The van der Waals surface area contributed by atoms with Gasteiger partial charge in [-0.2, -0.15) is 0 Å². The number of aryl methyl sites for hydroxylation is 1. The van der Waals surface area contributed by atoms with Gasteiger partial charge in [0.25, 0.3) is 5.91 Å². The summed E-state index contributed by atoms with van der Waals surface area (Å²) < 4.78 is 35.8. The molecule has 0 spiro atoms. The fraction of sp³-hybridized carbons (Fsp3) is 0.200. The third-order valence-corrected chi connectivity index (χ3v) is 6.79. The average molecular weight is 483 g/mol. The van der Waals surface area contributed by atoms with Crippen molar-refractivity contribution in [2.75, 3.05) is 30.6 Å². The molecule has 0 saturated carbocycles. The molecule has 8 nitrogen and oxygen atoms in total. The zero-order chi connectivity index (χ0) is 24.7. The van der Waals surface area contributed by atoms with Crippen LogP contribution in [0.15, 0.2) is 71.6 Å². The van der Waals surface area contributed by atoms with Gasteiger partial charge in [0.2, 0.25) is 5.91 Å². The molecule has 0 unspecified atom stereocenters. The Kier molecular flexibility index (Phi) is 7.91. The van der Waals surface area contributed by atoms with Crippen molar-refractivity contribution in [1.29, 1.82) is 0 Å². The average Bonchev–Trinajstić information content (AvgIpc) is 2.84. The molecule has 0 aliphatic heterocycles. The van der Waals surface area contributed by atoms with E-state index in [0.717, 1.165) is 5.56 Å². The fourth-order valence-corrected chi connectivity index (χ4v) is 4.42. The Hall–Kier alpha value is -3.85. The molecule has 0 aromatic heterocycles. The van der Waals surface area contributed by atoms with Crippen molar-refractivity contribution in [3.8, 4) is 11.5 Å². The summed E-state index contributed by atoms with van der Waals surface area (Å²) in [5.74, 6) is -0.602. The molecule has 0 atom stereocenters. The quantitative estimate of drug-likeness (QED) is 0.476. The molecule has 9 heteroatoms. The predicted octanol–water partition coefficient (Wildman–Crippen LogP) is 4.07. The van der Waals surface area contributed by atoms with Crippen molar-refractivity contribution in [2.45, 2.75) is 18.2 Å². The van der Waals surface area contributed by atoms with Crippen LogP contribution in [0.3, 0.4) is 0 Å². The number of benzene rings is 3. The summed E-state index contributed by atoms with van der Waals surface area (Å²) in [6.07, 6.45) is -0.242. The lowest BCUT2D eigenvalue weighted by Gasteiger charge is -2.16. The Morgan fingerprint density at radius 1 is 0.824 bits per heavy atom. The van der Waals surface area contributed by atoms with E-state index in [1.807, 2.05) is 13.0 Å². The molecular weight excluding hydrogens is 456 g/mol. The van der Waals surface area contributed by atoms with Crippen LogP contribution < -0.4 is 20.1 Å². The predicted molar refractivity (Wildman–Crippen MR) is 130 cm³/mol. The van der Waals surface area contributed by atoms with Crippen LogP contribution in [0.2, 0.25) is 0 Å². The second kappa shape index (κ2) is 10.8. The van der Waals surface area contributed by atoms with Gasteiger partial charge in [-0.05, 0) is 31.2 Å². The molecule has 0 heterocycles. The first-order valence-corrected chi connectivity index (χ1v) is 12.1. The molecular formula is C25H26N2O6S. The molecule has 0 saturated heterocycles. The van der Waals surface area contributed by atoms with E-state index >= 15 is 0 Å². The Bertz CT molecular complexity index is 1270. The maximum atomic E-state index is 12.5. The number of nitrogens with one attached hydrogen (secondary N) is 2. The number of rotatable bonds is 9. The Morgan fingerprint density at radius 3 is 1.94 bits per heavy atom. The summed E-state index contributed by atoms with van der Waals surface area (Å²) >= 11 is 0. The van der Waals surface area contributed by atoms with Crippen LogP contribution in [0.4, 0.5) is 11.4 Å². The van der Waals surface area contributed by atoms with Crippen LogP contribution in [-0.4, -0.2) is 40.2 Å². The van der Waals surface area contributed by atoms with Gasteiger partial charge in [-0.1, -0.05) is 35.9 Å². The molecule has 3 aromatic rings. The van der Waals surface area contributed by atoms with Gasteiger partial charge < -0.3 is 20.1 Å². The van der Waals surface area contributed by atoms with Crippen LogP contribution in [0, 0.1) is 6.92 Å². The number of carbonyl (C=O) groups excluding carboxylic acids is 2. The van der Waals surface area contributed by atoms with E-state index in [-0.39, 0.29) is 34.4 Å². The van der Waals surface area contributed by atoms with Gasteiger partial charge in [-0.15, -0.1) is 0 Å². The summed E-state index contributed by atoms with van der Waals surface area (Å²) in [5.41, 5.74) is 2.06. The lowest BCUT2D eigenvalue weighted by molar-refractivity contribution is -0.115. The molecule has 178 valence electrons.